The average molecular weight is 466 g/mol. The van der Waals surface area contributed by atoms with E-state index in [0.717, 1.165) is 9.13 Å². The molecule has 7 heteroatoms. The van der Waals surface area contributed by atoms with Gasteiger partial charge < -0.3 is 15.4 Å². The van der Waals surface area contributed by atoms with Crippen LogP contribution in [0.15, 0.2) is 48.5 Å². The fourth-order valence-electron chi connectivity index (χ4n) is 2.38. The molecular formula is C19H19IN2O4. The molecule has 0 bridgehead atoms. The zero-order valence-electron chi connectivity index (χ0n) is 14.4. The predicted octanol–water partition coefficient (Wildman–Crippen LogP) is 2.76. The van der Waals surface area contributed by atoms with Gasteiger partial charge in [0, 0.05) is 28.2 Å². The van der Waals surface area contributed by atoms with E-state index >= 15 is 0 Å². The number of nitrogens with one attached hydrogen (secondary N) is 2. The summed E-state index contributed by atoms with van der Waals surface area (Å²) in [4.78, 5) is 35.6. The van der Waals surface area contributed by atoms with Gasteiger partial charge in [0.05, 0.1) is 7.11 Å². The quantitative estimate of drug-likeness (QED) is 0.507. The molecule has 2 amide bonds. The zero-order valence-corrected chi connectivity index (χ0v) is 16.6. The van der Waals surface area contributed by atoms with Crippen LogP contribution in [0.5, 0.6) is 0 Å². The Morgan fingerprint density at radius 1 is 1.12 bits per heavy atom. The van der Waals surface area contributed by atoms with Crippen molar-refractivity contribution in [2.75, 3.05) is 12.4 Å². The Hall–Kier alpha value is -2.42. The minimum Gasteiger partial charge on any atom is -0.467 e. The summed E-state index contributed by atoms with van der Waals surface area (Å²) in [6.45, 7) is 1.41. The molecule has 1 atom stereocenters. The first-order chi connectivity index (χ1) is 12.4. The normalized spacial score (nSPS) is 11.3. The van der Waals surface area contributed by atoms with Gasteiger partial charge in [0.25, 0.3) is 5.91 Å². The summed E-state index contributed by atoms with van der Waals surface area (Å²) >= 11 is 2.19. The van der Waals surface area contributed by atoms with Gasteiger partial charge in [0.2, 0.25) is 5.91 Å². The smallest absolute Gasteiger partial charge is 0.328 e. The monoisotopic (exact) mass is 466 g/mol. The Morgan fingerprint density at radius 2 is 1.81 bits per heavy atom. The maximum Gasteiger partial charge on any atom is 0.328 e. The first kappa shape index (κ1) is 19.9. The van der Waals surface area contributed by atoms with E-state index in [2.05, 4.69) is 33.2 Å². The highest BCUT2D eigenvalue weighted by Crippen LogP contribution is 2.12. The number of rotatable bonds is 6. The SMILES string of the molecule is COC(=O)[C@@H](Cc1cccc(I)c1)NC(=O)c1ccc(NC(C)=O)cc1. The number of carbonyl (C=O) groups is 3. The second kappa shape index (κ2) is 9.33. The lowest BCUT2D eigenvalue weighted by Gasteiger charge is -2.17. The van der Waals surface area contributed by atoms with Crippen molar-refractivity contribution < 1.29 is 19.1 Å². The van der Waals surface area contributed by atoms with Crippen LogP contribution in [0, 0.1) is 3.57 Å². The van der Waals surface area contributed by atoms with Crippen LogP contribution < -0.4 is 10.6 Å². The van der Waals surface area contributed by atoms with Crippen molar-refractivity contribution in [3.05, 3.63) is 63.2 Å². The number of ether oxygens (including phenoxy) is 1. The van der Waals surface area contributed by atoms with Crippen LogP contribution in [-0.2, 0) is 20.7 Å². The number of amides is 2. The minimum atomic E-state index is -0.791. The molecule has 2 aromatic carbocycles. The third kappa shape index (κ3) is 5.83. The summed E-state index contributed by atoms with van der Waals surface area (Å²) in [6.07, 6.45) is 0.333. The molecule has 0 fully saturated rings. The van der Waals surface area contributed by atoms with Gasteiger partial charge in [-0.15, -0.1) is 0 Å². The predicted molar refractivity (Wildman–Crippen MR) is 107 cm³/mol. The van der Waals surface area contributed by atoms with E-state index in [9.17, 15) is 14.4 Å². The molecule has 2 aromatic rings. The lowest BCUT2D eigenvalue weighted by Crippen LogP contribution is -2.43. The standard InChI is InChI=1S/C19H19IN2O4/c1-12(23)21-16-8-6-14(7-9-16)18(24)22-17(19(25)26-2)11-13-4-3-5-15(20)10-13/h3-10,17H,11H2,1-2H3,(H,21,23)(H,22,24)/t17-/m1/s1. The van der Waals surface area contributed by atoms with Gasteiger partial charge in [-0.25, -0.2) is 4.79 Å². The molecule has 0 unspecified atom stereocenters. The van der Waals surface area contributed by atoms with Crippen molar-refractivity contribution in [1.82, 2.24) is 5.32 Å². The number of halogens is 1. The number of anilines is 1. The topological polar surface area (TPSA) is 84.5 Å². The van der Waals surface area contributed by atoms with Gasteiger partial charge in [0.1, 0.15) is 6.04 Å². The van der Waals surface area contributed by atoms with Gasteiger partial charge in [-0.2, -0.15) is 0 Å². The molecule has 0 radical (unpaired) electrons. The highest BCUT2D eigenvalue weighted by Gasteiger charge is 2.22. The summed E-state index contributed by atoms with van der Waals surface area (Å²) < 4.78 is 5.86. The van der Waals surface area contributed by atoms with E-state index in [1.54, 1.807) is 24.3 Å². The lowest BCUT2D eigenvalue weighted by atomic mass is 10.1. The fourth-order valence-corrected chi connectivity index (χ4v) is 2.99. The number of hydrogen-bond donors (Lipinski definition) is 2. The molecule has 0 aromatic heterocycles. The molecule has 0 aliphatic heterocycles. The van der Waals surface area contributed by atoms with Crippen molar-refractivity contribution in [3.8, 4) is 0 Å². The number of esters is 1. The van der Waals surface area contributed by atoms with E-state index < -0.39 is 12.0 Å². The molecule has 6 nitrogen and oxygen atoms in total. The van der Waals surface area contributed by atoms with Crippen LogP contribution in [0.4, 0.5) is 5.69 Å². The summed E-state index contributed by atoms with van der Waals surface area (Å²) in [5.74, 6) is -1.09. The van der Waals surface area contributed by atoms with Gasteiger partial charge in [-0.05, 0) is 64.6 Å². The highest BCUT2D eigenvalue weighted by molar-refractivity contribution is 14.1. The van der Waals surface area contributed by atoms with Crippen molar-refractivity contribution >= 4 is 46.1 Å². The average Bonchev–Trinajstić information content (AvgIpc) is 2.60. The number of methoxy groups -OCH3 is 1. The molecular weight excluding hydrogens is 447 g/mol. The molecule has 0 spiro atoms. The van der Waals surface area contributed by atoms with Crippen LogP contribution >= 0.6 is 22.6 Å². The fraction of sp³-hybridized carbons (Fsp3) is 0.211. The molecule has 0 saturated heterocycles. The van der Waals surface area contributed by atoms with Gasteiger partial charge in [0.15, 0.2) is 0 Å². The molecule has 2 N–H and O–H groups in total. The van der Waals surface area contributed by atoms with Gasteiger partial charge in [-0.3, -0.25) is 9.59 Å². The Kier molecular flexibility index (Phi) is 7.14. The van der Waals surface area contributed by atoms with Crippen molar-refractivity contribution in [3.63, 3.8) is 0 Å². The molecule has 2 rings (SSSR count). The van der Waals surface area contributed by atoms with Crippen molar-refractivity contribution in [2.24, 2.45) is 0 Å². The maximum absolute atomic E-state index is 12.5. The molecule has 136 valence electrons. The second-order valence-corrected chi connectivity index (χ2v) is 6.89. The molecule has 26 heavy (non-hydrogen) atoms. The summed E-state index contributed by atoms with van der Waals surface area (Å²) in [7, 11) is 1.29. The van der Waals surface area contributed by atoms with Crippen LogP contribution in [0.2, 0.25) is 0 Å². The van der Waals surface area contributed by atoms with Gasteiger partial charge in [-0.1, -0.05) is 12.1 Å². The third-order valence-electron chi connectivity index (χ3n) is 3.59. The maximum atomic E-state index is 12.5. The van der Waals surface area contributed by atoms with E-state index in [1.807, 2.05) is 24.3 Å². The number of carbonyl (C=O) groups excluding carboxylic acids is 3. The molecule has 0 saturated carbocycles. The lowest BCUT2D eigenvalue weighted by molar-refractivity contribution is -0.142. The Morgan fingerprint density at radius 3 is 2.38 bits per heavy atom. The van der Waals surface area contributed by atoms with Crippen LogP contribution in [-0.4, -0.2) is 30.9 Å². The van der Waals surface area contributed by atoms with E-state index in [1.165, 1.54) is 14.0 Å². The van der Waals surface area contributed by atoms with Crippen LogP contribution in [0.25, 0.3) is 0 Å². The zero-order chi connectivity index (χ0) is 19.1. The van der Waals surface area contributed by atoms with Crippen LogP contribution in [0.3, 0.4) is 0 Å². The minimum absolute atomic E-state index is 0.189. The van der Waals surface area contributed by atoms with E-state index in [4.69, 9.17) is 4.74 Å². The third-order valence-corrected chi connectivity index (χ3v) is 4.26. The van der Waals surface area contributed by atoms with Gasteiger partial charge >= 0.3 is 5.97 Å². The van der Waals surface area contributed by atoms with Crippen molar-refractivity contribution in [2.45, 2.75) is 19.4 Å². The summed E-state index contributed by atoms with van der Waals surface area (Å²) in [5.41, 5.74) is 1.90. The van der Waals surface area contributed by atoms with E-state index in [-0.39, 0.29) is 11.8 Å². The molecule has 0 heterocycles. The second-order valence-electron chi connectivity index (χ2n) is 5.64. The number of hydrogen-bond acceptors (Lipinski definition) is 4. The molecule has 0 aliphatic rings. The summed E-state index contributed by atoms with van der Waals surface area (Å²) in [6, 6.07) is 13.3. The number of benzene rings is 2. The Bertz CT molecular complexity index is 805. The van der Waals surface area contributed by atoms with E-state index in [0.29, 0.717) is 17.7 Å². The van der Waals surface area contributed by atoms with Crippen molar-refractivity contribution in [1.29, 1.82) is 0 Å². The first-order valence-corrected chi connectivity index (χ1v) is 8.97. The Balaban J connectivity index is 2.10. The largest absolute Gasteiger partial charge is 0.467 e. The summed E-state index contributed by atoms with van der Waals surface area (Å²) in [5, 5.41) is 5.34. The van der Waals surface area contributed by atoms with Crippen LogP contribution in [0.1, 0.15) is 22.8 Å². The first-order valence-electron chi connectivity index (χ1n) is 7.90. The molecule has 0 aliphatic carbocycles. The Labute approximate surface area is 165 Å². The highest BCUT2D eigenvalue weighted by atomic mass is 127.